The van der Waals surface area contributed by atoms with Crippen LogP contribution in [0.4, 0.5) is 24.9 Å². The molecule has 0 radical (unpaired) electrons. The van der Waals surface area contributed by atoms with Crippen LogP contribution in [-0.4, -0.2) is 66.2 Å². The Labute approximate surface area is 211 Å². The molecule has 1 N–H and O–H groups in total. The summed E-state index contributed by atoms with van der Waals surface area (Å²) in [7, 11) is 1.63. The Hall–Kier alpha value is -4.03. The molecule has 5 rings (SSSR count). The van der Waals surface area contributed by atoms with Crippen molar-refractivity contribution in [2.24, 2.45) is 7.05 Å². The van der Waals surface area contributed by atoms with Crippen LogP contribution in [0.2, 0.25) is 0 Å². The molecule has 2 aliphatic heterocycles. The van der Waals surface area contributed by atoms with Gasteiger partial charge in [-0.1, -0.05) is 6.58 Å². The molecule has 0 bridgehead atoms. The minimum absolute atomic E-state index is 0.112. The molecule has 194 valence electrons. The van der Waals surface area contributed by atoms with Crippen LogP contribution >= 0.6 is 0 Å². The third-order valence-electron chi connectivity index (χ3n) is 6.53. The Morgan fingerprint density at radius 1 is 1.22 bits per heavy atom. The largest absolute Gasteiger partial charge is 0.419 e. The van der Waals surface area contributed by atoms with E-state index in [9.17, 15) is 18.0 Å². The van der Waals surface area contributed by atoms with Gasteiger partial charge in [0.25, 0.3) is 0 Å². The van der Waals surface area contributed by atoms with E-state index in [0.29, 0.717) is 44.8 Å². The number of halogens is 3. The first-order valence-corrected chi connectivity index (χ1v) is 11.8. The smallest absolute Gasteiger partial charge is 0.354 e. The van der Waals surface area contributed by atoms with E-state index in [1.54, 1.807) is 11.9 Å². The number of carbonyl (C=O) groups is 1. The van der Waals surface area contributed by atoms with E-state index in [1.165, 1.54) is 23.2 Å². The Morgan fingerprint density at radius 2 is 2.03 bits per heavy atom. The van der Waals surface area contributed by atoms with Crippen molar-refractivity contribution in [2.75, 3.05) is 29.9 Å². The molecule has 3 aromatic rings. The molecule has 1 fully saturated rings. The van der Waals surface area contributed by atoms with Gasteiger partial charge in [-0.05, 0) is 19.4 Å². The topological polar surface area (TPSA) is 105 Å². The van der Waals surface area contributed by atoms with Gasteiger partial charge >= 0.3 is 6.18 Å². The van der Waals surface area contributed by atoms with E-state index in [4.69, 9.17) is 0 Å². The summed E-state index contributed by atoms with van der Waals surface area (Å²) < 4.78 is 42.3. The molecule has 1 atom stereocenters. The Kier molecular flexibility index (Phi) is 6.30. The van der Waals surface area contributed by atoms with E-state index in [1.807, 2.05) is 6.92 Å². The van der Waals surface area contributed by atoms with Gasteiger partial charge in [0.15, 0.2) is 0 Å². The normalized spacial score (nSPS) is 17.6. The fourth-order valence-corrected chi connectivity index (χ4v) is 4.77. The summed E-state index contributed by atoms with van der Waals surface area (Å²) in [5, 5.41) is 7.16. The molecule has 2 aliphatic rings. The lowest BCUT2D eigenvalue weighted by Gasteiger charge is -2.31. The van der Waals surface area contributed by atoms with Crippen molar-refractivity contribution in [2.45, 2.75) is 38.5 Å². The molecule has 1 amide bonds. The minimum Gasteiger partial charge on any atom is -0.354 e. The van der Waals surface area contributed by atoms with Crippen molar-refractivity contribution in [3.8, 4) is 11.3 Å². The van der Waals surface area contributed by atoms with Crippen molar-refractivity contribution in [3.05, 3.63) is 53.9 Å². The number of anilines is 2. The number of nitrogens with one attached hydrogen (secondary N) is 1. The van der Waals surface area contributed by atoms with Crippen LogP contribution in [0.3, 0.4) is 0 Å². The van der Waals surface area contributed by atoms with Crippen LogP contribution < -0.4 is 10.2 Å². The van der Waals surface area contributed by atoms with Gasteiger partial charge in [0, 0.05) is 62.7 Å². The number of fused-ring (bicyclic) bond motifs is 1. The molecule has 0 aromatic carbocycles. The highest BCUT2D eigenvalue weighted by Gasteiger charge is 2.36. The summed E-state index contributed by atoms with van der Waals surface area (Å²) in [5.41, 5.74) is 0.966. The molecule has 13 heteroatoms. The van der Waals surface area contributed by atoms with E-state index in [-0.39, 0.29) is 29.2 Å². The first-order chi connectivity index (χ1) is 17.6. The molecule has 3 aromatic heterocycles. The van der Waals surface area contributed by atoms with Gasteiger partial charge in [-0.2, -0.15) is 18.3 Å². The van der Waals surface area contributed by atoms with Crippen molar-refractivity contribution in [3.63, 3.8) is 0 Å². The Balaban J connectivity index is 1.37. The summed E-state index contributed by atoms with van der Waals surface area (Å²) in [6.07, 6.45) is 1.69. The number of alkyl halides is 3. The molecule has 0 unspecified atom stereocenters. The monoisotopic (exact) mass is 513 g/mol. The first kappa shape index (κ1) is 24.7. The number of hydrogen-bond donors (Lipinski definition) is 1. The Bertz CT molecular complexity index is 1350. The van der Waals surface area contributed by atoms with Crippen LogP contribution in [0, 0.1) is 6.92 Å². The lowest BCUT2D eigenvalue weighted by molar-refractivity contribution is -0.137. The molecular weight excluding hydrogens is 487 g/mol. The number of hydrogen-bond acceptors (Lipinski definition) is 8. The highest BCUT2D eigenvalue weighted by Crippen LogP contribution is 2.36. The molecule has 0 aliphatic carbocycles. The lowest BCUT2D eigenvalue weighted by Crippen LogP contribution is -2.37. The standard InChI is InChI=1S/C24H26F3N9O/c1-4-20(37)35-8-6-19-17(13-35)22(31-14(2)30-19)36-7-5-16(12-36)32-23-28-10-18(24(25,26)27)21(33-23)15-9-29-34(3)11-15/h4,9-11,16H,1,5-8,12-13H2,2-3H3,(H,28,32,33)/t16-/m1/s1. The van der Waals surface area contributed by atoms with E-state index < -0.39 is 11.7 Å². The van der Waals surface area contributed by atoms with Crippen molar-refractivity contribution in [1.82, 2.24) is 34.6 Å². The fraction of sp³-hybridized carbons (Fsp3) is 0.417. The summed E-state index contributed by atoms with van der Waals surface area (Å²) >= 11 is 0. The first-order valence-electron chi connectivity index (χ1n) is 11.8. The second-order valence-corrected chi connectivity index (χ2v) is 9.17. The van der Waals surface area contributed by atoms with Gasteiger partial charge in [-0.15, -0.1) is 0 Å². The molecule has 5 heterocycles. The van der Waals surface area contributed by atoms with Gasteiger partial charge in [-0.25, -0.2) is 19.9 Å². The summed E-state index contributed by atoms with van der Waals surface area (Å²) in [6, 6.07) is -0.112. The number of aromatic nitrogens is 6. The third-order valence-corrected chi connectivity index (χ3v) is 6.53. The summed E-state index contributed by atoms with van der Waals surface area (Å²) in [4.78, 5) is 33.5. The number of carbonyl (C=O) groups excluding carboxylic acids is 1. The summed E-state index contributed by atoms with van der Waals surface area (Å²) in [6.45, 7) is 7.62. The van der Waals surface area contributed by atoms with E-state index >= 15 is 0 Å². The predicted molar refractivity (Wildman–Crippen MR) is 130 cm³/mol. The highest BCUT2D eigenvalue weighted by molar-refractivity contribution is 5.87. The third kappa shape index (κ3) is 4.98. The zero-order valence-electron chi connectivity index (χ0n) is 20.5. The van der Waals surface area contributed by atoms with Gasteiger partial charge < -0.3 is 15.1 Å². The molecule has 0 spiro atoms. The molecule has 10 nitrogen and oxygen atoms in total. The van der Waals surface area contributed by atoms with Gasteiger partial charge in [-0.3, -0.25) is 9.48 Å². The molecule has 37 heavy (non-hydrogen) atoms. The highest BCUT2D eigenvalue weighted by atomic mass is 19.4. The quantitative estimate of drug-likeness (QED) is 0.520. The summed E-state index contributed by atoms with van der Waals surface area (Å²) in [5.74, 6) is 1.41. The van der Waals surface area contributed by atoms with E-state index in [2.05, 4.69) is 41.8 Å². The van der Waals surface area contributed by atoms with Crippen LogP contribution in [-0.2, 0) is 31.0 Å². The SMILES string of the molecule is C=CC(=O)N1CCc2nc(C)nc(N3CC[C@@H](Nc4ncc(C(F)(F)F)c(-c5cnn(C)c5)n4)C3)c2C1. The predicted octanol–water partition coefficient (Wildman–Crippen LogP) is 2.76. The number of amides is 1. The van der Waals surface area contributed by atoms with Gasteiger partial charge in [0.2, 0.25) is 11.9 Å². The van der Waals surface area contributed by atoms with E-state index in [0.717, 1.165) is 23.3 Å². The maximum Gasteiger partial charge on any atom is 0.419 e. The number of rotatable bonds is 5. The fourth-order valence-electron chi connectivity index (χ4n) is 4.77. The lowest BCUT2D eigenvalue weighted by atomic mass is 10.1. The van der Waals surface area contributed by atoms with Crippen LogP contribution in [0.25, 0.3) is 11.3 Å². The van der Waals surface area contributed by atoms with Gasteiger partial charge in [0.05, 0.1) is 24.1 Å². The number of aryl methyl sites for hydroxylation is 2. The Morgan fingerprint density at radius 3 is 2.73 bits per heavy atom. The average molecular weight is 514 g/mol. The zero-order chi connectivity index (χ0) is 26.3. The maximum atomic E-state index is 13.6. The average Bonchev–Trinajstić information content (AvgIpc) is 3.51. The van der Waals surface area contributed by atoms with Crippen molar-refractivity contribution in [1.29, 1.82) is 0 Å². The van der Waals surface area contributed by atoms with Crippen molar-refractivity contribution < 1.29 is 18.0 Å². The second-order valence-electron chi connectivity index (χ2n) is 9.17. The van der Waals surface area contributed by atoms with Crippen LogP contribution in [0.5, 0.6) is 0 Å². The second kappa shape index (κ2) is 9.45. The molecule has 0 saturated carbocycles. The molecular formula is C24H26F3N9O. The van der Waals surface area contributed by atoms with Crippen molar-refractivity contribution >= 4 is 17.7 Å². The number of nitrogens with zero attached hydrogens (tertiary/aromatic N) is 8. The van der Waals surface area contributed by atoms with Crippen LogP contribution in [0.1, 0.15) is 29.1 Å². The van der Waals surface area contributed by atoms with Gasteiger partial charge in [0.1, 0.15) is 17.2 Å². The van der Waals surface area contributed by atoms with Crippen LogP contribution in [0.15, 0.2) is 31.2 Å². The minimum atomic E-state index is -4.60. The molecule has 1 saturated heterocycles. The zero-order valence-corrected chi connectivity index (χ0v) is 20.5. The maximum absolute atomic E-state index is 13.6.